The van der Waals surface area contributed by atoms with Gasteiger partial charge in [-0.25, -0.2) is 0 Å². The van der Waals surface area contributed by atoms with E-state index in [0.29, 0.717) is 11.0 Å². The Balaban J connectivity index is 3.58. The van der Waals surface area contributed by atoms with Gasteiger partial charge >= 0.3 is 0 Å². The molecule has 0 radical (unpaired) electrons. The average Bonchev–Trinajstić information content (AvgIpc) is 1.63. The third kappa shape index (κ3) is 4.39. The van der Waals surface area contributed by atoms with E-state index in [-0.39, 0.29) is 12.8 Å². The Labute approximate surface area is 56.1 Å². The third-order valence-electron chi connectivity index (χ3n) is 1.14. The number of quaternary nitrogens is 1. The summed E-state index contributed by atoms with van der Waals surface area (Å²) in [5.41, 5.74) is 0. The van der Waals surface area contributed by atoms with Gasteiger partial charge in [-0.1, -0.05) is 0 Å². The van der Waals surface area contributed by atoms with Crippen molar-refractivity contribution in [3.05, 3.63) is 0 Å². The van der Waals surface area contributed by atoms with Crippen molar-refractivity contribution in [2.24, 2.45) is 0 Å². The van der Waals surface area contributed by atoms with Gasteiger partial charge in [0.1, 0.15) is 12.6 Å². The zero-order valence-electron chi connectivity index (χ0n) is 6.33. The second-order valence-corrected chi connectivity index (χ2v) is 3.11. The number of hydrogen-bond donors (Lipinski definition) is 2. The number of rotatable bonds is 3. The van der Waals surface area contributed by atoms with Gasteiger partial charge < -0.3 is 14.7 Å². The highest BCUT2D eigenvalue weighted by molar-refractivity contribution is 4.39. The zero-order chi connectivity index (χ0) is 7.49. The minimum Gasteiger partial charge on any atom is -0.388 e. The summed E-state index contributed by atoms with van der Waals surface area (Å²) < 4.78 is 0.456. The van der Waals surface area contributed by atoms with Gasteiger partial charge in [0.15, 0.2) is 6.73 Å². The normalized spacial score (nSPS) is 15.7. The Hall–Kier alpha value is -0.120. The molecule has 56 valence electrons. The Bertz CT molecular complexity index is 81.1. The summed E-state index contributed by atoms with van der Waals surface area (Å²) in [7, 11) is 3.74. The highest BCUT2D eigenvalue weighted by Crippen LogP contribution is 1.96. The fraction of sp³-hybridized carbons (Fsp3) is 1.00. The van der Waals surface area contributed by atoms with Crippen molar-refractivity contribution in [1.29, 1.82) is 0 Å². The first kappa shape index (κ1) is 8.88. The van der Waals surface area contributed by atoms with Crippen LogP contribution in [0.25, 0.3) is 0 Å². The van der Waals surface area contributed by atoms with Crippen LogP contribution >= 0.6 is 0 Å². The summed E-state index contributed by atoms with van der Waals surface area (Å²) in [5.74, 6) is 0. The molecule has 0 aromatic carbocycles. The lowest BCUT2D eigenvalue weighted by Crippen LogP contribution is -2.45. The summed E-state index contributed by atoms with van der Waals surface area (Å²) in [5, 5.41) is 17.6. The van der Waals surface area contributed by atoms with Crippen LogP contribution < -0.4 is 0 Å². The van der Waals surface area contributed by atoms with E-state index in [4.69, 9.17) is 10.2 Å². The molecule has 0 aliphatic carbocycles. The molecule has 0 saturated heterocycles. The first-order chi connectivity index (χ1) is 3.98. The van der Waals surface area contributed by atoms with E-state index in [1.54, 1.807) is 6.92 Å². The van der Waals surface area contributed by atoms with Crippen LogP contribution in [-0.2, 0) is 0 Å². The van der Waals surface area contributed by atoms with Crippen LogP contribution in [0, 0.1) is 0 Å². The average molecular weight is 134 g/mol. The second-order valence-electron chi connectivity index (χ2n) is 3.11. The molecule has 0 aliphatic rings. The highest BCUT2D eigenvalue weighted by atomic mass is 16.3. The van der Waals surface area contributed by atoms with E-state index in [0.717, 1.165) is 0 Å². The van der Waals surface area contributed by atoms with Gasteiger partial charge in [-0.2, -0.15) is 0 Å². The molecule has 2 N–H and O–H groups in total. The molecule has 0 amide bonds. The van der Waals surface area contributed by atoms with E-state index >= 15 is 0 Å². The SMILES string of the molecule is CC(O)C[N+](C)(C)CO. The largest absolute Gasteiger partial charge is 0.388 e. The molecular formula is C6H16NO2+. The van der Waals surface area contributed by atoms with Crippen LogP contribution in [-0.4, -0.2) is 48.2 Å². The second kappa shape index (κ2) is 3.15. The van der Waals surface area contributed by atoms with Crippen molar-refractivity contribution < 1.29 is 14.7 Å². The molecule has 0 saturated carbocycles. The molecule has 9 heavy (non-hydrogen) atoms. The highest BCUT2D eigenvalue weighted by Gasteiger charge is 2.15. The van der Waals surface area contributed by atoms with Gasteiger partial charge in [-0.15, -0.1) is 0 Å². The van der Waals surface area contributed by atoms with E-state index < -0.39 is 0 Å². The fourth-order valence-corrected chi connectivity index (χ4v) is 0.773. The molecule has 0 aromatic heterocycles. The van der Waals surface area contributed by atoms with Gasteiger partial charge in [-0.05, 0) is 6.92 Å². The Morgan fingerprint density at radius 2 is 1.89 bits per heavy atom. The smallest absolute Gasteiger partial charge is 0.179 e. The molecule has 0 aliphatic heterocycles. The number of aliphatic hydroxyl groups is 2. The molecule has 0 bridgehead atoms. The van der Waals surface area contributed by atoms with Crippen LogP contribution in [0.4, 0.5) is 0 Å². The monoisotopic (exact) mass is 134 g/mol. The summed E-state index contributed by atoms with van der Waals surface area (Å²) in [6, 6.07) is 0. The van der Waals surface area contributed by atoms with Crippen molar-refractivity contribution in [2.75, 3.05) is 27.4 Å². The Kier molecular flexibility index (Phi) is 3.11. The van der Waals surface area contributed by atoms with E-state index in [9.17, 15) is 0 Å². The van der Waals surface area contributed by atoms with Crippen molar-refractivity contribution in [3.8, 4) is 0 Å². The lowest BCUT2D eigenvalue weighted by atomic mass is 10.3. The summed E-state index contributed by atoms with van der Waals surface area (Å²) in [6.45, 7) is 2.39. The van der Waals surface area contributed by atoms with Gasteiger partial charge in [0.05, 0.1) is 14.1 Å². The number of likely N-dealkylation sites (N-methyl/N-ethyl adjacent to an activating group) is 1. The lowest BCUT2D eigenvalue weighted by molar-refractivity contribution is -0.911. The van der Waals surface area contributed by atoms with Gasteiger partial charge in [0, 0.05) is 0 Å². The van der Waals surface area contributed by atoms with Gasteiger partial charge in [0.2, 0.25) is 0 Å². The number of nitrogens with zero attached hydrogens (tertiary/aromatic N) is 1. The fourth-order valence-electron chi connectivity index (χ4n) is 0.773. The third-order valence-corrected chi connectivity index (χ3v) is 1.14. The van der Waals surface area contributed by atoms with Crippen LogP contribution in [0.2, 0.25) is 0 Å². The quantitative estimate of drug-likeness (QED) is 0.399. The summed E-state index contributed by atoms with van der Waals surface area (Å²) in [6.07, 6.45) is -0.341. The van der Waals surface area contributed by atoms with Crippen molar-refractivity contribution in [2.45, 2.75) is 13.0 Å². The molecule has 3 nitrogen and oxygen atoms in total. The molecular weight excluding hydrogens is 118 g/mol. The molecule has 0 rings (SSSR count). The predicted octanol–water partition coefficient (Wildman–Crippen LogP) is -0.607. The zero-order valence-corrected chi connectivity index (χ0v) is 6.33. The summed E-state index contributed by atoms with van der Waals surface area (Å²) in [4.78, 5) is 0. The van der Waals surface area contributed by atoms with Crippen molar-refractivity contribution in [1.82, 2.24) is 0 Å². The van der Waals surface area contributed by atoms with E-state index in [2.05, 4.69) is 0 Å². The van der Waals surface area contributed by atoms with Crippen molar-refractivity contribution in [3.63, 3.8) is 0 Å². The van der Waals surface area contributed by atoms with Crippen LogP contribution in [0.5, 0.6) is 0 Å². The summed E-state index contributed by atoms with van der Waals surface area (Å²) >= 11 is 0. The van der Waals surface area contributed by atoms with Crippen LogP contribution in [0.1, 0.15) is 6.92 Å². The molecule has 1 unspecified atom stereocenters. The predicted molar refractivity (Wildman–Crippen MR) is 35.7 cm³/mol. The maximum absolute atomic E-state index is 8.89. The molecule has 1 atom stereocenters. The van der Waals surface area contributed by atoms with E-state index in [1.165, 1.54) is 0 Å². The lowest BCUT2D eigenvalue weighted by Gasteiger charge is -2.27. The Morgan fingerprint density at radius 1 is 1.44 bits per heavy atom. The maximum Gasteiger partial charge on any atom is 0.179 e. The molecule has 0 spiro atoms. The first-order valence-electron chi connectivity index (χ1n) is 3.09. The maximum atomic E-state index is 8.89. The minimum absolute atomic E-state index is 0.0743. The van der Waals surface area contributed by atoms with Crippen molar-refractivity contribution >= 4 is 0 Å². The molecule has 0 aromatic rings. The van der Waals surface area contributed by atoms with Crippen LogP contribution in [0.3, 0.4) is 0 Å². The minimum atomic E-state index is -0.341. The van der Waals surface area contributed by atoms with Crippen LogP contribution in [0.15, 0.2) is 0 Å². The Morgan fingerprint density at radius 3 is 2.00 bits per heavy atom. The van der Waals surface area contributed by atoms with Gasteiger partial charge in [0.25, 0.3) is 0 Å². The van der Waals surface area contributed by atoms with Gasteiger partial charge in [-0.3, -0.25) is 0 Å². The topological polar surface area (TPSA) is 40.5 Å². The number of aliphatic hydroxyl groups excluding tert-OH is 2. The molecule has 0 heterocycles. The standard InChI is InChI=1S/C6H16NO2/c1-6(9)4-7(2,3)5-8/h6,8-9H,4-5H2,1-3H3/q+1. The number of hydrogen-bond acceptors (Lipinski definition) is 2. The van der Waals surface area contributed by atoms with E-state index in [1.807, 2.05) is 14.1 Å². The molecule has 0 fully saturated rings. The molecule has 3 heteroatoms. The first-order valence-corrected chi connectivity index (χ1v) is 3.09.